The van der Waals surface area contributed by atoms with Crippen molar-refractivity contribution in [2.75, 3.05) is 32.5 Å². The molecule has 0 spiro atoms. The summed E-state index contributed by atoms with van der Waals surface area (Å²) in [4.78, 5) is 48.8. The van der Waals surface area contributed by atoms with E-state index < -0.39 is 29.9 Å². The van der Waals surface area contributed by atoms with E-state index in [2.05, 4.69) is 22.9 Å². The lowest BCUT2D eigenvalue weighted by Gasteiger charge is -2.20. The molecule has 0 fully saturated rings. The van der Waals surface area contributed by atoms with Crippen LogP contribution in [-0.2, 0) is 14.4 Å². The van der Waals surface area contributed by atoms with Gasteiger partial charge < -0.3 is 26.8 Å². The van der Waals surface area contributed by atoms with E-state index in [4.69, 9.17) is 10.8 Å². The molecule has 3 amide bonds. The highest BCUT2D eigenvalue weighted by Gasteiger charge is 2.23. The third-order valence-electron chi connectivity index (χ3n) is 5.16. The van der Waals surface area contributed by atoms with Crippen LogP contribution in [-0.4, -0.2) is 73.0 Å². The molecule has 0 bridgehead atoms. The second kappa shape index (κ2) is 14.8. The Morgan fingerprint density at radius 1 is 1.03 bits per heavy atom. The maximum atomic E-state index is 12.2. The molecule has 0 aliphatic heterocycles. The molecule has 0 saturated heterocycles. The van der Waals surface area contributed by atoms with Gasteiger partial charge in [-0.05, 0) is 70.5 Å². The molecule has 10 heteroatoms. The number of carboxylic acid groups (broad SMARTS) is 1. The number of nitrogens with two attached hydrogens (primary N) is 1. The predicted molar refractivity (Wildman–Crippen MR) is 127 cm³/mol. The van der Waals surface area contributed by atoms with Gasteiger partial charge in [-0.25, -0.2) is 0 Å². The average molecular weight is 464 g/mol. The van der Waals surface area contributed by atoms with Crippen LogP contribution in [0.4, 0.5) is 5.69 Å². The van der Waals surface area contributed by atoms with Gasteiger partial charge in [0.05, 0.1) is 0 Å². The van der Waals surface area contributed by atoms with Gasteiger partial charge in [-0.3, -0.25) is 24.1 Å². The van der Waals surface area contributed by atoms with Gasteiger partial charge in [-0.2, -0.15) is 0 Å². The Balaban J connectivity index is 2.36. The maximum Gasteiger partial charge on any atom is 0.320 e. The van der Waals surface area contributed by atoms with Crippen molar-refractivity contribution in [1.82, 2.24) is 15.5 Å². The number of anilines is 1. The number of unbranched alkanes of at least 4 members (excludes halogenated alkanes) is 1. The van der Waals surface area contributed by atoms with Crippen LogP contribution in [0.15, 0.2) is 24.3 Å². The normalized spacial score (nSPS) is 12.6. The SMILES string of the molecule is CCCNc1ccc(C(=O)NCCCCC(NC(=O)CCC(C(=O)O)N(C)C)C(N)=O)cc1. The number of nitrogens with zero attached hydrogens (tertiary/aromatic N) is 1. The largest absolute Gasteiger partial charge is 0.480 e. The Morgan fingerprint density at radius 2 is 1.70 bits per heavy atom. The number of rotatable bonds is 16. The molecule has 2 unspecified atom stereocenters. The topological polar surface area (TPSA) is 154 Å². The Morgan fingerprint density at radius 3 is 2.24 bits per heavy atom. The summed E-state index contributed by atoms with van der Waals surface area (Å²) in [5.74, 6) is -2.25. The molecule has 1 aromatic carbocycles. The van der Waals surface area contributed by atoms with Crippen molar-refractivity contribution in [3.63, 3.8) is 0 Å². The first-order chi connectivity index (χ1) is 15.6. The van der Waals surface area contributed by atoms with Crippen molar-refractivity contribution in [2.45, 2.75) is 57.5 Å². The van der Waals surface area contributed by atoms with Crippen molar-refractivity contribution in [2.24, 2.45) is 5.73 Å². The zero-order valence-electron chi connectivity index (χ0n) is 19.7. The van der Waals surface area contributed by atoms with Gasteiger partial charge in [0.2, 0.25) is 11.8 Å². The summed E-state index contributed by atoms with van der Waals surface area (Å²) in [6.07, 6.45) is 2.64. The fourth-order valence-electron chi connectivity index (χ4n) is 3.21. The van der Waals surface area contributed by atoms with Gasteiger partial charge in [0.1, 0.15) is 12.1 Å². The minimum atomic E-state index is -1.01. The number of carbonyl (C=O) groups is 4. The molecule has 2 atom stereocenters. The highest BCUT2D eigenvalue weighted by atomic mass is 16.4. The van der Waals surface area contributed by atoms with E-state index in [9.17, 15) is 19.2 Å². The number of hydrogen-bond donors (Lipinski definition) is 5. The lowest BCUT2D eigenvalue weighted by Crippen LogP contribution is -2.45. The third kappa shape index (κ3) is 10.8. The number of aliphatic carboxylic acids is 1. The highest BCUT2D eigenvalue weighted by Crippen LogP contribution is 2.10. The van der Waals surface area contributed by atoms with Crippen LogP contribution in [0.3, 0.4) is 0 Å². The number of carboxylic acids is 1. The van der Waals surface area contributed by atoms with Gasteiger partial charge >= 0.3 is 5.97 Å². The molecule has 0 heterocycles. The van der Waals surface area contributed by atoms with Crippen LogP contribution in [0.1, 0.15) is 55.8 Å². The van der Waals surface area contributed by atoms with E-state index in [-0.39, 0.29) is 18.7 Å². The van der Waals surface area contributed by atoms with Crippen molar-refractivity contribution in [3.8, 4) is 0 Å². The van der Waals surface area contributed by atoms with Gasteiger partial charge in [0.25, 0.3) is 5.91 Å². The predicted octanol–water partition coefficient (Wildman–Crippen LogP) is 1.17. The summed E-state index contributed by atoms with van der Waals surface area (Å²) < 4.78 is 0. The van der Waals surface area contributed by atoms with Crippen molar-refractivity contribution in [1.29, 1.82) is 0 Å². The summed E-state index contributed by atoms with van der Waals surface area (Å²) in [7, 11) is 3.25. The Bertz CT molecular complexity index is 782. The lowest BCUT2D eigenvalue weighted by atomic mass is 10.1. The molecule has 0 aliphatic carbocycles. The lowest BCUT2D eigenvalue weighted by molar-refractivity contribution is -0.142. The first-order valence-corrected chi connectivity index (χ1v) is 11.3. The van der Waals surface area contributed by atoms with Gasteiger partial charge in [0, 0.05) is 30.8 Å². The number of amides is 3. The minimum Gasteiger partial charge on any atom is -0.480 e. The van der Waals surface area contributed by atoms with Crippen LogP contribution in [0.25, 0.3) is 0 Å². The summed E-state index contributed by atoms with van der Waals surface area (Å²) in [6.45, 7) is 3.38. The molecule has 0 aliphatic rings. The monoisotopic (exact) mass is 463 g/mol. The van der Waals surface area contributed by atoms with Crippen LogP contribution in [0, 0.1) is 0 Å². The molecule has 0 saturated carbocycles. The fraction of sp³-hybridized carbons (Fsp3) is 0.565. The summed E-state index contributed by atoms with van der Waals surface area (Å²) in [5.41, 5.74) is 6.92. The Hall–Kier alpha value is -3.14. The third-order valence-corrected chi connectivity index (χ3v) is 5.16. The van der Waals surface area contributed by atoms with E-state index in [0.29, 0.717) is 31.4 Å². The molecular formula is C23H37N5O5. The molecule has 0 radical (unpaired) electrons. The van der Waals surface area contributed by atoms with E-state index in [1.165, 1.54) is 4.90 Å². The van der Waals surface area contributed by atoms with Crippen LogP contribution >= 0.6 is 0 Å². The standard InChI is InChI=1S/C23H37N5O5/c1-4-14-25-17-10-8-16(9-11-17)22(31)26-15-6-5-7-18(21(24)30)27-20(29)13-12-19(23(32)33)28(2)3/h8-11,18-19,25H,4-7,12-15H2,1-3H3,(H2,24,30)(H,26,31)(H,27,29)(H,32,33). The number of carbonyl (C=O) groups excluding carboxylic acids is 3. The van der Waals surface area contributed by atoms with Crippen molar-refractivity contribution >= 4 is 29.4 Å². The average Bonchev–Trinajstić information content (AvgIpc) is 2.76. The summed E-state index contributed by atoms with van der Waals surface area (Å²) in [5, 5.41) is 17.8. The zero-order valence-corrected chi connectivity index (χ0v) is 19.7. The molecule has 10 nitrogen and oxygen atoms in total. The fourth-order valence-corrected chi connectivity index (χ4v) is 3.21. The molecule has 1 aromatic rings. The van der Waals surface area contributed by atoms with Crippen LogP contribution in [0.2, 0.25) is 0 Å². The van der Waals surface area contributed by atoms with E-state index in [1.807, 2.05) is 12.1 Å². The molecular weight excluding hydrogens is 426 g/mol. The number of hydrogen-bond acceptors (Lipinski definition) is 6. The number of nitrogens with one attached hydrogen (secondary N) is 3. The molecule has 33 heavy (non-hydrogen) atoms. The van der Waals surface area contributed by atoms with E-state index in [1.54, 1.807) is 26.2 Å². The van der Waals surface area contributed by atoms with Crippen molar-refractivity contribution in [3.05, 3.63) is 29.8 Å². The Labute approximate surface area is 195 Å². The molecule has 0 aromatic heterocycles. The molecule has 184 valence electrons. The smallest absolute Gasteiger partial charge is 0.320 e. The second-order valence-corrected chi connectivity index (χ2v) is 8.13. The summed E-state index contributed by atoms with van der Waals surface area (Å²) >= 11 is 0. The quantitative estimate of drug-likeness (QED) is 0.231. The van der Waals surface area contributed by atoms with Gasteiger partial charge in [0.15, 0.2) is 0 Å². The van der Waals surface area contributed by atoms with Gasteiger partial charge in [-0.1, -0.05) is 6.92 Å². The van der Waals surface area contributed by atoms with Crippen LogP contribution in [0.5, 0.6) is 0 Å². The van der Waals surface area contributed by atoms with Crippen LogP contribution < -0.4 is 21.7 Å². The second-order valence-electron chi connectivity index (χ2n) is 8.13. The maximum absolute atomic E-state index is 12.2. The Kier molecular flexibility index (Phi) is 12.5. The number of benzene rings is 1. The number of primary amides is 1. The van der Waals surface area contributed by atoms with E-state index in [0.717, 1.165) is 18.7 Å². The zero-order chi connectivity index (χ0) is 24.8. The summed E-state index contributed by atoms with van der Waals surface area (Å²) in [6, 6.07) is 5.63. The first kappa shape index (κ1) is 27.9. The highest BCUT2D eigenvalue weighted by molar-refractivity contribution is 5.94. The molecule has 6 N–H and O–H groups in total. The van der Waals surface area contributed by atoms with Crippen molar-refractivity contribution < 1.29 is 24.3 Å². The number of likely N-dealkylation sites (N-methyl/N-ethyl adjacent to an activating group) is 1. The minimum absolute atomic E-state index is 0.0261. The van der Waals surface area contributed by atoms with Gasteiger partial charge in [-0.15, -0.1) is 0 Å². The van der Waals surface area contributed by atoms with E-state index >= 15 is 0 Å². The molecule has 1 rings (SSSR count). The first-order valence-electron chi connectivity index (χ1n) is 11.3.